The van der Waals surface area contributed by atoms with Crippen LogP contribution < -0.4 is 10.6 Å². The smallest absolute Gasteiger partial charge is 0.117 e. The molecule has 3 N–H and O–H groups in total. The minimum absolute atomic E-state index is 0.370. The minimum atomic E-state index is 0.370. The Hall–Kier alpha value is -1.22. The number of fused-ring (bicyclic) bond motifs is 3. The summed E-state index contributed by atoms with van der Waals surface area (Å²) in [5.41, 5.74) is 8.36. The molecule has 0 amide bonds. The quantitative estimate of drug-likeness (QED) is 0.751. The molecule has 2 aliphatic heterocycles. The highest BCUT2D eigenvalue weighted by Crippen LogP contribution is 2.39. The van der Waals surface area contributed by atoms with Crippen molar-refractivity contribution in [1.82, 2.24) is 0 Å². The number of nitrogens with zero attached hydrogens (tertiary/aromatic N) is 1. The van der Waals surface area contributed by atoms with Crippen LogP contribution in [-0.2, 0) is 6.42 Å². The molecule has 86 valence electrons. The highest BCUT2D eigenvalue weighted by molar-refractivity contribution is 5.62. The highest BCUT2D eigenvalue weighted by atomic mass is 16.3. The number of benzene rings is 1. The van der Waals surface area contributed by atoms with Gasteiger partial charge in [0.2, 0.25) is 0 Å². The fraction of sp³-hybridized carbons (Fsp3) is 0.538. The fourth-order valence-corrected chi connectivity index (χ4v) is 3.05. The van der Waals surface area contributed by atoms with Crippen LogP contribution in [0.25, 0.3) is 0 Å². The zero-order valence-corrected chi connectivity index (χ0v) is 9.39. The SMILES string of the molecule is NCC1CCC2Cc3ccc(O)cc3N2C1. The zero-order valence-electron chi connectivity index (χ0n) is 9.39. The summed E-state index contributed by atoms with van der Waals surface area (Å²) in [4.78, 5) is 2.44. The summed E-state index contributed by atoms with van der Waals surface area (Å²) in [5.74, 6) is 0.985. The van der Waals surface area contributed by atoms with Crippen LogP contribution in [-0.4, -0.2) is 24.2 Å². The summed E-state index contributed by atoms with van der Waals surface area (Å²) in [6.07, 6.45) is 3.61. The molecule has 0 saturated carbocycles. The molecule has 16 heavy (non-hydrogen) atoms. The van der Waals surface area contributed by atoms with Gasteiger partial charge in [-0.15, -0.1) is 0 Å². The van der Waals surface area contributed by atoms with E-state index < -0.39 is 0 Å². The summed E-state index contributed by atoms with van der Waals surface area (Å²) in [5, 5.41) is 9.56. The van der Waals surface area contributed by atoms with Gasteiger partial charge in [-0.05, 0) is 43.4 Å². The number of aromatic hydroxyl groups is 1. The summed E-state index contributed by atoms with van der Waals surface area (Å²) >= 11 is 0. The Morgan fingerprint density at radius 1 is 1.38 bits per heavy atom. The molecule has 1 aromatic carbocycles. The van der Waals surface area contributed by atoms with E-state index in [1.165, 1.54) is 24.1 Å². The van der Waals surface area contributed by atoms with Gasteiger partial charge in [-0.3, -0.25) is 0 Å². The summed E-state index contributed by atoms with van der Waals surface area (Å²) < 4.78 is 0. The Morgan fingerprint density at radius 3 is 3.06 bits per heavy atom. The van der Waals surface area contributed by atoms with Gasteiger partial charge < -0.3 is 15.7 Å². The second-order valence-electron chi connectivity index (χ2n) is 5.00. The lowest BCUT2D eigenvalue weighted by molar-refractivity contribution is 0.371. The molecule has 1 saturated heterocycles. The first-order chi connectivity index (χ1) is 7.78. The van der Waals surface area contributed by atoms with Gasteiger partial charge in [0, 0.05) is 24.3 Å². The molecule has 0 spiro atoms. The van der Waals surface area contributed by atoms with E-state index in [4.69, 9.17) is 5.73 Å². The van der Waals surface area contributed by atoms with E-state index in [0.717, 1.165) is 19.5 Å². The van der Waals surface area contributed by atoms with Crippen molar-refractivity contribution in [1.29, 1.82) is 0 Å². The average molecular weight is 218 g/mol. The maximum Gasteiger partial charge on any atom is 0.117 e. The first kappa shape index (κ1) is 9.97. The molecule has 2 aliphatic rings. The molecule has 0 radical (unpaired) electrons. The Morgan fingerprint density at radius 2 is 2.25 bits per heavy atom. The molecule has 2 unspecified atom stereocenters. The van der Waals surface area contributed by atoms with Crippen molar-refractivity contribution in [3.63, 3.8) is 0 Å². The second-order valence-corrected chi connectivity index (χ2v) is 5.00. The normalized spacial score (nSPS) is 27.7. The molecular weight excluding hydrogens is 200 g/mol. The molecule has 0 bridgehead atoms. The zero-order chi connectivity index (χ0) is 11.1. The highest BCUT2D eigenvalue weighted by Gasteiger charge is 2.34. The van der Waals surface area contributed by atoms with Crippen LogP contribution in [0.15, 0.2) is 18.2 Å². The minimum Gasteiger partial charge on any atom is -0.508 e. The van der Waals surface area contributed by atoms with E-state index in [2.05, 4.69) is 11.0 Å². The van der Waals surface area contributed by atoms with Crippen molar-refractivity contribution in [3.05, 3.63) is 23.8 Å². The summed E-state index contributed by atoms with van der Waals surface area (Å²) in [7, 11) is 0. The maximum absolute atomic E-state index is 9.56. The van der Waals surface area contributed by atoms with Gasteiger partial charge in [0.05, 0.1) is 0 Å². The Labute approximate surface area is 95.9 Å². The largest absolute Gasteiger partial charge is 0.508 e. The van der Waals surface area contributed by atoms with Crippen molar-refractivity contribution >= 4 is 5.69 Å². The van der Waals surface area contributed by atoms with Crippen LogP contribution in [0.5, 0.6) is 5.75 Å². The van der Waals surface area contributed by atoms with Crippen molar-refractivity contribution in [2.75, 3.05) is 18.0 Å². The van der Waals surface area contributed by atoms with Gasteiger partial charge in [0.25, 0.3) is 0 Å². The van der Waals surface area contributed by atoms with Gasteiger partial charge >= 0.3 is 0 Å². The standard InChI is InChI=1S/C13H18N2O/c14-7-9-1-3-11-5-10-2-4-12(16)6-13(10)15(11)8-9/h2,4,6,9,11,16H,1,3,5,7-8,14H2. The third kappa shape index (κ3) is 1.47. The number of hydrogen-bond donors (Lipinski definition) is 2. The molecule has 0 aromatic heterocycles. The molecule has 3 rings (SSSR count). The Balaban J connectivity index is 1.92. The fourth-order valence-electron chi connectivity index (χ4n) is 3.05. The van der Waals surface area contributed by atoms with E-state index >= 15 is 0 Å². The first-order valence-electron chi connectivity index (χ1n) is 6.06. The number of phenols is 1. The predicted molar refractivity (Wildman–Crippen MR) is 64.7 cm³/mol. The number of nitrogens with two attached hydrogens (primary N) is 1. The number of phenolic OH excluding ortho intramolecular Hbond substituents is 1. The molecule has 2 atom stereocenters. The molecule has 1 aromatic rings. The lowest BCUT2D eigenvalue weighted by atomic mass is 9.93. The second kappa shape index (κ2) is 3.67. The first-order valence-corrected chi connectivity index (χ1v) is 6.06. The van der Waals surface area contributed by atoms with Gasteiger partial charge in [-0.25, -0.2) is 0 Å². The van der Waals surface area contributed by atoms with Gasteiger partial charge in [-0.1, -0.05) is 6.07 Å². The lowest BCUT2D eigenvalue weighted by Crippen LogP contribution is -2.43. The number of anilines is 1. The van der Waals surface area contributed by atoms with Gasteiger partial charge in [-0.2, -0.15) is 0 Å². The third-order valence-electron chi connectivity index (χ3n) is 3.97. The summed E-state index contributed by atoms with van der Waals surface area (Å²) in [6, 6.07) is 6.38. The van der Waals surface area contributed by atoms with Crippen LogP contribution in [0.2, 0.25) is 0 Å². The molecule has 0 aliphatic carbocycles. The maximum atomic E-state index is 9.56. The molecular formula is C13H18N2O. The molecule has 3 nitrogen and oxygen atoms in total. The lowest BCUT2D eigenvalue weighted by Gasteiger charge is -2.36. The molecule has 1 fully saturated rings. The van der Waals surface area contributed by atoms with Crippen molar-refractivity contribution < 1.29 is 5.11 Å². The predicted octanol–water partition coefficient (Wildman–Crippen LogP) is 1.49. The summed E-state index contributed by atoms with van der Waals surface area (Å²) in [6.45, 7) is 1.83. The van der Waals surface area contributed by atoms with E-state index in [-0.39, 0.29) is 0 Å². The third-order valence-corrected chi connectivity index (χ3v) is 3.97. The van der Waals surface area contributed by atoms with E-state index in [1.807, 2.05) is 6.07 Å². The Bertz CT molecular complexity index is 405. The Kier molecular flexibility index (Phi) is 2.28. The number of hydrogen-bond acceptors (Lipinski definition) is 3. The number of piperidine rings is 1. The van der Waals surface area contributed by atoms with Gasteiger partial charge in [0.15, 0.2) is 0 Å². The van der Waals surface area contributed by atoms with E-state index in [1.54, 1.807) is 6.07 Å². The van der Waals surface area contributed by atoms with Crippen LogP contribution in [0.3, 0.4) is 0 Å². The van der Waals surface area contributed by atoms with E-state index in [0.29, 0.717) is 17.7 Å². The molecule has 3 heteroatoms. The number of rotatable bonds is 1. The van der Waals surface area contributed by atoms with Crippen LogP contribution in [0.4, 0.5) is 5.69 Å². The molecule has 2 heterocycles. The topological polar surface area (TPSA) is 49.5 Å². The van der Waals surface area contributed by atoms with Crippen LogP contribution in [0, 0.1) is 5.92 Å². The van der Waals surface area contributed by atoms with Crippen molar-refractivity contribution in [3.8, 4) is 5.75 Å². The van der Waals surface area contributed by atoms with Crippen molar-refractivity contribution in [2.45, 2.75) is 25.3 Å². The monoisotopic (exact) mass is 218 g/mol. The van der Waals surface area contributed by atoms with E-state index in [9.17, 15) is 5.11 Å². The van der Waals surface area contributed by atoms with Crippen LogP contribution >= 0.6 is 0 Å². The van der Waals surface area contributed by atoms with Crippen molar-refractivity contribution in [2.24, 2.45) is 11.7 Å². The van der Waals surface area contributed by atoms with Crippen LogP contribution in [0.1, 0.15) is 18.4 Å². The van der Waals surface area contributed by atoms with Gasteiger partial charge in [0.1, 0.15) is 5.75 Å². The average Bonchev–Trinajstić information content (AvgIpc) is 2.66.